The van der Waals surface area contributed by atoms with Crippen molar-refractivity contribution >= 4 is 50.3 Å². The normalized spacial score (nSPS) is 11.5. The van der Waals surface area contributed by atoms with Crippen molar-refractivity contribution in [3.63, 3.8) is 0 Å². The molecule has 0 spiro atoms. The molecule has 108 heavy (non-hydrogen) atoms. The first-order valence-corrected chi connectivity index (χ1v) is 35.2. The number of hydrogen-bond acceptors (Lipinski definition) is 12. The van der Waals surface area contributed by atoms with Gasteiger partial charge in [0.15, 0.2) is 34.1 Å². The van der Waals surface area contributed by atoms with Crippen LogP contribution in [0.4, 0.5) is 0 Å². The molecule has 0 bridgehead atoms. The van der Waals surface area contributed by atoms with Crippen LogP contribution in [0.25, 0.3) is 101 Å². The summed E-state index contributed by atoms with van der Waals surface area (Å²) in [5, 5.41) is 28.3. The van der Waals surface area contributed by atoms with Gasteiger partial charge < -0.3 is 43.5 Å². The molecule has 6 aromatic heterocycles. The molecule has 573 valence electrons. The Morgan fingerprint density at radius 1 is 0.361 bits per heavy atom. The van der Waals surface area contributed by atoms with Crippen molar-refractivity contribution in [3.8, 4) is 67.7 Å². The van der Waals surface area contributed by atoms with Crippen LogP contribution in [0.5, 0.6) is 0 Å². The zero-order chi connectivity index (χ0) is 77.7. The molecule has 0 atom stereocenters. The molecule has 12 nitrogen and oxygen atoms in total. The Hall–Kier alpha value is -9.03. The fourth-order valence-electron chi connectivity index (χ4n) is 11.9. The van der Waals surface area contributed by atoms with Crippen molar-refractivity contribution in [2.45, 2.75) is 182 Å². The van der Waals surface area contributed by atoms with Crippen LogP contribution >= 0.6 is 0 Å². The third-order valence-electron chi connectivity index (χ3n) is 16.9. The molecule has 0 unspecified atom stereocenters. The van der Waals surface area contributed by atoms with Gasteiger partial charge in [0.05, 0.1) is 35.9 Å². The monoisotopic (exact) mass is 1980 g/mol. The second kappa shape index (κ2) is 39.4. The van der Waals surface area contributed by atoms with E-state index >= 15 is 0 Å². The van der Waals surface area contributed by atoms with E-state index in [2.05, 4.69) is 285 Å². The fraction of sp³-hybridized carbons (Fsp3) is 0.290. The molecule has 0 aliphatic carbocycles. The quantitative estimate of drug-likeness (QED) is 0.0705. The number of ketones is 3. The van der Waals surface area contributed by atoms with E-state index in [1.807, 2.05) is 18.6 Å². The van der Waals surface area contributed by atoms with Crippen molar-refractivity contribution in [1.29, 1.82) is 0 Å². The van der Waals surface area contributed by atoms with E-state index in [1.165, 1.54) is 115 Å². The van der Waals surface area contributed by atoms with Gasteiger partial charge in [-0.1, -0.05) is 167 Å². The second-order valence-electron chi connectivity index (χ2n) is 30.4. The number of aromatic nitrogens is 3. The summed E-state index contributed by atoms with van der Waals surface area (Å²) >= 11 is 0. The Kier molecular flexibility index (Phi) is 33.3. The first-order valence-electron chi connectivity index (χ1n) is 35.2. The summed E-state index contributed by atoms with van der Waals surface area (Å²) in [6.07, 6.45) is 8.98. The van der Waals surface area contributed by atoms with Crippen molar-refractivity contribution < 1.29 is 103 Å². The van der Waals surface area contributed by atoms with Gasteiger partial charge in [0.1, 0.15) is 17.3 Å². The van der Waals surface area contributed by atoms with Crippen molar-refractivity contribution in [2.75, 3.05) is 0 Å². The van der Waals surface area contributed by atoms with Crippen LogP contribution in [0, 0.1) is 80.5 Å². The SMILES string of the molecule is CC(=O)C=C(C)O.CC(=O)C=C(C)O.CC(=O)C=C(C)O.Cc1[c-]c(-c2cc3cc(-c4c(C)cc(C)cc4C)oc3cn2)cc(C(C)(C)C)c1.Cc1[c-]c(-c2cc3cc(-c4c(C)cccc4C)oc3cn2)cc(C(C)(C)C)c1.Cc1[c-]c(-c2cc3cc(-c4ccc(C)cc4)oc3cn2)cc(C(C)(C)C)c1.[Ir].[Ir].[Ir]. The number of allylic oxidation sites excluding steroid dienone is 6. The van der Waals surface area contributed by atoms with Crippen LogP contribution in [-0.4, -0.2) is 47.6 Å². The Morgan fingerprint density at radius 2 is 0.648 bits per heavy atom. The van der Waals surface area contributed by atoms with E-state index < -0.39 is 0 Å². The number of rotatable bonds is 9. The standard InChI is InChI=1S/C27H28NO.C26H26NO.C25H24NO.3C5H8O2.3Ir/c1-16-8-18(3)26(19(4)9-16)24-14-21-13-23(28-15-25(21)29-24)20-10-17(2)11-22(12-20)27(5,6)7;1-16-10-19(12-21(11-16)26(4,5)6)22-13-20-14-23(28-24(20)15-27-22)25-17(2)8-7-9-18(25)3;1-16-6-8-18(9-7-16)23-14-20-13-22(26-15-24(20)27-23)19-10-17(2)11-21(12-19)25(3,4)5;3*1-4(6)3-5(2)7;;;/h8-9,11-15H,1-7H3;7-9,11-15H,1-6H3;6-9,11-15H,1-5H3;3*3,6H,1-2H3;;;/q3*-1;;;;;;. The number of furan rings is 3. The minimum atomic E-state index is -0.125. The van der Waals surface area contributed by atoms with Crippen LogP contribution in [0.2, 0.25) is 0 Å². The average Bonchev–Trinajstić information content (AvgIpc) is 1.65. The smallest absolute Gasteiger partial charge is 0.155 e. The number of aryl methyl sites for hydroxylation is 9. The first-order chi connectivity index (χ1) is 49.0. The summed E-state index contributed by atoms with van der Waals surface area (Å²) in [5.74, 6) is 2.48. The molecular weight excluding hydrogens is 1880 g/mol. The molecule has 12 aromatic rings. The number of aliphatic hydroxyl groups excluding tert-OH is 3. The minimum Gasteiger partial charge on any atom is -0.512 e. The Bertz CT molecular complexity index is 5110. The number of carbonyl (C=O) groups is 3. The molecule has 0 fully saturated rings. The summed E-state index contributed by atoms with van der Waals surface area (Å²) in [6, 6.07) is 55.4. The van der Waals surface area contributed by atoms with Gasteiger partial charge in [0.25, 0.3) is 0 Å². The molecule has 15 heteroatoms. The van der Waals surface area contributed by atoms with Gasteiger partial charge in [0, 0.05) is 111 Å². The van der Waals surface area contributed by atoms with E-state index in [1.54, 1.807) is 0 Å². The zero-order valence-electron chi connectivity index (χ0n) is 66.7. The molecule has 0 saturated carbocycles. The fourth-order valence-corrected chi connectivity index (χ4v) is 11.9. The van der Waals surface area contributed by atoms with Crippen LogP contribution < -0.4 is 0 Å². The molecule has 0 saturated heterocycles. The number of carbonyl (C=O) groups excluding carboxylic acids is 3. The molecule has 6 heterocycles. The first kappa shape index (κ1) is 91.4. The summed E-state index contributed by atoms with van der Waals surface area (Å²) in [6.45, 7) is 47.6. The summed E-state index contributed by atoms with van der Waals surface area (Å²) in [7, 11) is 0. The van der Waals surface area contributed by atoms with E-state index in [0.29, 0.717) is 0 Å². The molecule has 12 rings (SSSR count). The van der Waals surface area contributed by atoms with Gasteiger partial charge in [-0.15, -0.1) is 105 Å². The van der Waals surface area contributed by atoms with Crippen LogP contribution in [0.3, 0.4) is 0 Å². The van der Waals surface area contributed by atoms with Crippen LogP contribution in [0.15, 0.2) is 195 Å². The summed E-state index contributed by atoms with van der Waals surface area (Å²) in [5.41, 5.74) is 26.7. The van der Waals surface area contributed by atoms with Gasteiger partial charge in [-0.3, -0.25) is 14.4 Å². The molecule has 6 aromatic carbocycles. The maximum atomic E-state index is 10.0. The van der Waals surface area contributed by atoms with E-state index in [-0.39, 0.29) is 111 Å². The molecular formula is C93H102Ir3N3O9-3. The number of benzene rings is 6. The maximum Gasteiger partial charge on any atom is 0.155 e. The van der Waals surface area contributed by atoms with Gasteiger partial charge in [-0.2, -0.15) is 0 Å². The second-order valence-corrected chi connectivity index (χ2v) is 30.4. The molecule has 0 aliphatic heterocycles. The average molecular weight is 1980 g/mol. The van der Waals surface area contributed by atoms with E-state index in [0.717, 1.165) is 112 Å². The molecule has 3 radical (unpaired) electrons. The molecule has 3 N–H and O–H groups in total. The molecule has 0 amide bonds. The van der Waals surface area contributed by atoms with Crippen LogP contribution in [-0.2, 0) is 90.9 Å². The predicted molar refractivity (Wildman–Crippen MR) is 431 cm³/mol. The predicted octanol–water partition coefficient (Wildman–Crippen LogP) is 24.7. The van der Waals surface area contributed by atoms with Gasteiger partial charge in [-0.25, -0.2) is 0 Å². The topological polar surface area (TPSA) is 190 Å². The Labute approximate surface area is 679 Å². The third kappa shape index (κ3) is 26.4. The number of aliphatic hydroxyl groups is 3. The van der Waals surface area contributed by atoms with Gasteiger partial charge in [0.2, 0.25) is 0 Å². The van der Waals surface area contributed by atoms with E-state index in [9.17, 15) is 14.4 Å². The van der Waals surface area contributed by atoms with Crippen molar-refractivity contribution in [3.05, 3.63) is 266 Å². The van der Waals surface area contributed by atoms with Crippen LogP contribution in [0.1, 0.15) is 171 Å². The van der Waals surface area contributed by atoms with Gasteiger partial charge >= 0.3 is 0 Å². The molecule has 0 aliphatic rings. The third-order valence-corrected chi connectivity index (χ3v) is 16.9. The summed E-state index contributed by atoms with van der Waals surface area (Å²) in [4.78, 5) is 44.0. The van der Waals surface area contributed by atoms with Crippen molar-refractivity contribution in [2.24, 2.45) is 0 Å². The number of hydrogen-bond donors (Lipinski definition) is 3. The largest absolute Gasteiger partial charge is 0.512 e. The number of pyridine rings is 3. The maximum absolute atomic E-state index is 10.0. The number of fused-ring (bicyclic) bond motifs is 3. The zero-order valence-corrected chi connectivity index (χ0v) is 73.9. The van der Waals surface area contributed by atoms with Crippen molar-refractivity contribution in [1.82, 2.24) is 15.0 Å². The Morgan fingerprint density at radius 3 is 0.926 bits per heavy atom. The minimum absolute atomic E-state index is 0. The summed E-state index contributed by atoms with van der Waals surface area (Å²) < 4.78 is 18.3. The number of nitrogens with zero attached hydrogens (tertiary/aromatic N) is 3. The van der Waals surface area contributed by atoms with Gasteiger partial charge in [-0.05, 0) is 157 Å². The Balaban J connectivity index is 0.000000298. The van der Waals surface area contributed by atoms with E-state index in [4.69, 9.17) is 28.6 Å².